The van der Waals surface area contributed by atoms with E-state index in [1.807, 2.05) is 0 Å². The number of aromatic nitrogens is 4. The molecule has 0 saturated heterocycles. The van der Waals surface area contributed by atoms with Gasteiger partial charge in [0.2, 0.25) is 20.0 Å². The maximum absolute atomic E-state index is 11.8. The van der Waals surface area contributed by atoms with Gasteiger partial charge in [0.05, 0.1) is 9.79 Å². The van der Waals surface area contributed by atoms with Crippen molar-refractivity contribution >= 4 is 43.3 Å². The van der Waals surface area contributed by atoms with E-state index in [0.29, 0.717) is 37.6 Å². The smallest absolute Gasteiger partial charge is 0.399 e. The molecule has 49 heavy (non-hydrogen) atoms. The molecule has 0 aliphatic rings. The van der Waals surface area contributed by atoms with Crippen molar-refractivity contribution in [2.75, 3.05) is 63.8 Å². The number of hydrogen-bond donors (Lipinski definition) is 8. The van der Waals surface area contributed by atoms with Gasteiger partial charge in [0.25, 0.3) is 0 Å². The third-order valence-corrected chi connectivity index (χ3v) is 7.69. The molecule has 0 spiro atoms. The number of nitrogens with one attached hydrogen (secondary N) is 2. The Morgan fingerprint density at radius 2 is 0.776 bits per heavy atom. The molecular weight excluding hydrogens is 724 g/mol. The first-order chi connectivity index (χ1) is 23.0. The second kappa shape index (κ2) is 25.9. The third kappa shape index (κ3) is 20.2. The van der Waals surface area contributed by atoms with Crippen molar-refractivity contribution in [3.63, 3.8) is 0 Å². The van der Waals surface area contributed by atoms with Crippen LogP contribution >= 0.6 is 0 Å². The summed E-state index contributed by atoms with van der Waals surface area (Å²) in [4.78, 5) is 15.0. The van der Waals surface area contributed by atoms with Crippen molar-refractivity contribution in [3.8, 4) is 0 Å². The topological polar surface area (TPSA) is 328 Å². The number of rotatable bonds is 14. The number of anilines is 2. The van der Waals surface area contributed by atoms with Crippen LogP contribution in [0.15, 0.2) is 95.2 Å². The van der Waals surface area contributed by atoms with Gasteiger partial charge >= 0.3 is 17.1 Å². The van der Waals surface area contributed by atoms with Gasteiger partial charge in [-0.2, -0.15) is 0 Å². The van der Waals surface area contributed by atoms with Gasteiger partial charge in [-0.15, -0.1) is 0 Å². The molecule has 2 aromatic heterocycles. The van der Waals surface area contributed by atoms with Crippen molar-refractivity contribution in [1.82, 2.24) is 30.6 Å². The number of nitrogen functional groups attached to an aromatic ring is 2. The maximum Gasteiger partial charge on any atom is 2.00 e. The second-order valence-electron chi connectivity index (χ2n) is 9.02. The summed E-state index contributed by atoms with van der Waals surface area (Å²) >= 11 is 0. The molecule has 14 N–H and O–H groups in total. The Morgan fingerprint density at radius 3 is 1.02 bits per heavy atom. The molecule has 273 valence electrons. The minimum atomic E-state index is -3.79. The van der Waals surface area contributed by atoms with Crippen LogP contribution in [0, 0.1) is 0 Å². The molecule has 18 nitrogen and oxygen atoms in total. The van der Waals surface area contributed by atoms with E-state index in [4.69, 9.17) is 34.4 Å². The molecule has 0 unspecified atom stereocenters. The van der Waals surface area contributed by atoms with Crippen molar-refractivity contribution < 1.29 is 33.9 Å². The molecule has 2 heterocycles. The number of sulfonamides is 2. The number of hydrogen-bond acceptors (Lipinski definition) is 16. The Labute approximate surface area is 298 Å². The predicted molar refractivity (Wildman–Crippen MR) is 188 cm³/mol. The Hall–Kier alpha value is -4.02. The van der Waals surface area contributed by atoms with Crippen LogP contribution in [0.3, 0.4) is 0 Å². The van der Waals surface area contributed by atoms with Gasteiger partial charge in [-0.05, 0) is 73.3 Å². The second-order valence-corrected chi connectivity index (χ2v) is 12.2. The summed E-state index contributed by atoms with van der Waals surface area (Å²) in [7, 11) is -7.57. The molecule has 0 atom stereocenters. The summed E-state index contributed by atoms with van der Waals surface area (Å²) in [6.45, 7) is 6.27. The third-order valence-electron chi connectivity index (χ3n) is 5.15. The quantitative estimate of drug-likeness (QED) is 0.0471. The van der Waals surface area contributed by atoms with Gasteiger partial charge < -0.3 is 65.0 Å². The molecule has 0 saturated carbocycles. The van der Waals surface area contributed by atoms with Gasteiger partial charge in [-0.25, -0.2) is 16.8 Å². The van der Waals surface area contributed by atoms with E-state index < -0.39 is 20.0 Å². The normalized spacial score (nSPS) is 10.4. The van der Waals surface area contributed by atoms with Crippen LogP contribution in [0.25, 0.3) is 9.44 Å². The molecule has 0 aliphatic carbocycles. The van der Waals surface area contributed by atoms with Crippen molar-refractivity contribution in [1.29, 1.82) is 0 Å². The van der Waals surface area contributed by atoms with E-state index in [-0.39, 0.29) is 38.8 Å². The van der Waals surface area contributed by atoms with Crippen molar-refractivity contribution in [3.05, 3.63) is 94.9 Å². The molecule has 0 amide bonds. The van der Waals surface area contributed by atoms with Crippen LogP contribution in [0.1, 0.15) is 0 Å². The van der Waals surface area contributed by atoms with E-state index in [9.17, 15) is 16.8 Å². The first-order valence-corrected chi connectivity index (χ1v) is 17.3. The largest absolute Gasteiger partial charge is 2.00 e. The van der Waals surface area contributed by atoms with E-state index in [2.05, 4.69) is 40.0 Å². The van der Waals surface area contributed by atoms with Crippen LogP contribution < -0.4 is 45.0 Å². The summed E-state index contributed by atoms with van der Waals surface area (Å²) in [6, 6.07) is 14.7. The van der Waals surface area contributed by atoms with Crippen LogP contribution in [-0.4, -0.2) is 89.1 Å². The fraction of sp³-hybridized carbons (Fsp3) is 0.286. The number of nitrogens with two attached hydrogens (primary N) is 6. The average Bonchev–Trinajstić information content (AvgIpc) is 3.07. The minimum Gasteiger partial charge on any atom is -0.399 e. The standard InChI is InChI=1S/2C10H9N4O2S.2C4H13N3.Cu/c2*11-8-2-4-9(5-3-8)17(15,16)14-10-12-6-1-7-13-10;2*5-1-3-7-4-2-6;/h2*1-7H,11H2;2*7H,1-6H2;/q2*-1;;;+2. The monoisotopic (exact) mass is 767 g/mol. The maximum atomic E-state index is 11.8. The molecule has 4 aromatic rings. The molecule has 0 fully saturated rings. The van der Waals surface area contributed by atoms with Crippen molar-refractivity contribution in [2.45, 2.75) is 9.79 Å². The van der Waals surface area contributed by atoms with Crippen LogP contribution in [0.2, 0.25) is 0 Å². The zero-order valence-corrected chi connectivity index (χ0v) is 29.2. The summed E-state index contributed by atoms with van der Waals surface area (Å²) in [5.74, 6) is -0.186. The predicted octanol–water partition coefficient (Wildman–Crippen LogP) is -0.110. The van der Waals surface area contributed by atoms with Gasteiger partial charge in [-0.1, -0.05) is 12.1 Å². The van der Waals surface area contributed by atoms with E-state index in [1.165, 1.54) is 73.3 Å². The molecule has 1 radical (unpaired) electrons. The zero-order chi connectivity index (χ0) is 35.7. The van der Waals surface area contributed by atoms with Gasteiger partial charge in [0, 0.05) is 75.6 Å². The minimum absolute atomic E-state index is 0. The van der Waals surface area contributed by atoms with Crippen molar-refractivity contribution in [2.24, 2.45) is 22.9 Å². The van der Waals surface area contributed by atoms with E-state index in [1.54, 1.807) is 12.1 Å². The first-order valence-electron chi connectivity index (χ1n) is 14.4. The molecule has 21 heteroatoms. The van der Waals surface area contributed by atoms with Crippen LogP contribution in [-0.2, 0) is 37.1 Å². The molecular formula is C28H44CuN14O4S2. The molecule has 0 aliphatic heterocycles. The summed E-state index contributed by atoms with van der Waals surface area (Å²) < 4.78 is 54.3. The molecule has 2 aromatic carbocycles. The van der Waals surface area contributed by atoms with Gasteiger partial charge in [0.15, 0.2) is 0 Å². The fourth-order valence-electron chi connectivity index (χ4n) is 2.93. The Kier molecular flexibility index (Phi) is 23.8. The molecule has 0 bridgehead atoms. The van der Waals surface area contributed by atoms with Gasteiger partial charge in [-0.3, -0.25) is 9.44 Å². The van der Waals surface area contributed by atoms with E-state index in [0.717, 1.165) is 26.2 Å². The van der Waals surface area contributed by atoms with E-state index >= 15 is 0 Å². The average molecular weight is 768 g/mol. The summed E-state index contributed by atoms with van der Waals surface area (Å²) in [5, 5.41) is 6.07. The Balaban J connectivity index is 0.000000677. The van der Waals surface area contributed by atoms with Gasteiger partial charge in [0.1, 0.15) is 0 Å². The summed E-state index contributed by atoms with van der Waals surface area (Å²) in [5.41, 5.74) is 32.6. The van der Waals surface area contributed by atoms with Crippen LogP contribution in [0.5, 0.6) is 0 Å². The number of nitrogens with zero attached hydrogens (tertiary/aromatic N) is 6. The van der Waals surface area contributed by atoms with Crippen LogP contribution in [0.4, 0.5) is 23.3 Å². The first kappa shape index (κ1) is 45.0. The Morgan fingerprint density at radius 1 is 0.510 bits per heavy atom. The zero-order valence-electron chi connectivity index (χ0n) is 26.6. The number of benzene rings is 2. The Bertz CT molecular complexity index is 1480. The molecule has 4 rings (SSSR count). The fourth-order valence-corrected chi connectivity index (χ4v) is 4.72. The summed E-state index contributed by atoms with van der Waals surface area (Å²) in [6.07, 6.45) is 5.68. The SMILES string of the molecule is NCCNCCN.NCCNCCN.Nc1ccc(S(=O)(=O)[N-]c2ncccn2)cc1.Nc1ccc(S(=O)(=O)[N-]c2ncccn2)cc1.[Cu+2].